The Bertz CT molecular complexity index is 602. The first-order valence-electron chi connectivity index (χ1n) is 7.94. The number of rotatable bonds is 4. The van der Waals surface area contributed by atoms with Gasteiger partial charge in [0, 0.05) is 12.1 Å². The number of benzene rings is 1. The number of nitro benzene ring substituents is 1. The van der Waals surface area contributed by atoms with Crippen molar-refractivity contribution in [2.75, 3.05) is 0 Å². The van der Waals surface area contributed by atoms with Crippen molar-refractivity contribution in [3.8, 4) is 0 Å². The molecule has 0 radical (unpaired) electrons. The van der Waals surface area contributed by atoms with Crippen LogP contribution in [0.3, 0.4) is 0 Å². The van der Waals surface area contributed by atoms with Gasteiger partial charge in [0.15, 0.2) is 0 Å². The molecule has 2 rings (SSSR count). The molecule has 0 bridgehead atoms. The van der Waals surface area contributed by atoms with Gasteiger partial charge in [-0.15, -0.1) is 0 Å². The number of esters is 1. The second kappa shape index (κ2) is 7.30. The fourth-order valence-electron chi connectivity index (χ4n) is 3.23. The van der Waals surface area contributed by atoms with Crippen molar-refractivity contribution in [1.29, 1.82) is 0 Å². The summed E-state index contributed by atoms with van der Waals surface area (Å²) in [7, 11) is 0. The van der Waals surface area contributed by atoms with Crippen LogP contribution >= 0.6 is 11.6 Å². The zero-order valence-electron chi connectivity index (χ0n) is 13.6. The third-order valence-electron chi connectivity index (χ3n) is 4.60. The molecule has 0 aromatic heterocycles. The Hall–Kier alpha value is -1.62. The smallest absolute Gasteiger partial charge is 0.340 e. The molecule has 3 atom stereocenters. The molecular formula is C17H22ClNO4. The third kappa shape index (κ3) is 4.22. The highest BCUT2D eigenvalue weighted by Gasteiger charge is 2.34. The number of nitro groups is 1. The van der Waals surface area contributed by atoms with Crippen LogP contribution in [-0.4, -0.2) is 17.0 Å². The van der Waals surface area contributed by atoms with Gasteiger partial charge >= 0.3 is 5.97 Å². The molecule has 0 amide bonds. The highest BCUT2D eigenvalue weighted by atomic mass is 35.5. The molecule has 5 nitrogen and oxygen atoms in total. The monoisotopic (exact) mass is 339 g/mol. The molecule has 126 valence electrons. The van der Waals surface area contributed by atoms with Gasteiger partial charge < -0.3 is 4.74 Å². The molecule has 1 aromatic rings. The Morgan fingerprint density at radius 1 is 1.39 bits per heavy atom. The lowest BCUT2D eigenvalue weighted by molar-refractivity contribution is -0.384. The van der Waals surface area contributed by atoms with E-state index >= 15 is 0 Å². The lowest BCUT2D eigenvalue weighted by Crippen LogP contribution is -2.35. The van der Waals surface area contributed by atoms with Gasteiger partial charge in [-0.2, -0.15) is 0 Å². The maximum absolute atomic E-state index is 12.5. The Kier molecular flexibility index (Phi) is 5.63. The Morgan fingerprint density at radius 3 is 2.70 bits per heavy atom. The second-order valence-corrected chi connectivity index (χ2v) is 7.10. The molecule has 0 N–H and O–H groups in total. The largest absolute Gasteiger partial charge is 0.458 e. The minimum atomic E-state index is -0.580. The number of carbonyl (C=O) groups is 1. The fraction of sp³-hybridized carbons (Fsp3) is 0.588. The Balaban J connectivity index is 2.20. The van der Waals surface area contributed by atoms with Crippen LogP contribution in [0, 0.1) is 27.9 Å². The average molecular weight is 340 g/mol. The number of nitrogens with zero attached hydrogens (tertiary/aromatic N) is 1. The van der Waals surface area contributed by atoms with Gasteiger partial charge in [0.05, 0.1) is 15.5 Å². The molecule has 6 heteroatoms. The molecule has 1 aromatic carbocycles. The maximum atomic E-state index is 12.5. The van der Waals surface area contributed by atoms with E-state index in [4.69, 9.17) is 16.3 Å². The SMILES string of the molecule is CC(C)[C@H]1CC[C@H](C)C[C@H]1OC(=O)c1cc([N+](=O)[O-])ccc1Cl. The van der Waals surface area contributed by atoms with E-state index in [1.165, 1.54) is 18.2 Å². The molecule has 23 heavy (non-hydrogen) atoms. The van der Waals surface area contributed by atoms with Crippen LogP contribution in [0.5, 0.6) is 0 Å². The van der Waals surface area contributed by atoms with Gasteiger partial charge in [-0.25, -0.2) is 4.79 Å². The zero-order chi connectivity index (χ0) is 17.1. The van der Waals surface area contributed by atoms with Gasteiger partial charge in [-0.05, 0) is 36.7 Å². The number of non-ortho nitro benzene ring substituents is 1. The highest BCUT2D eigenvalue weighted by Crippen LogP contribution is 2.36. The lowest BCUT2D eigenvalue weighted by atomic mass is 9.75. The van der Waals surface area contributed by atoms with Crippen LogP contribution in [0.15, 0.2) is 18.2 Å². The van der Waals surface area contributed by atoms with Crippen LogP contribution in [-0.2, 0) is 4.74 Å². The Labute approximate surface area is 141 Å². The molecule has 0 saturated heterocycles. The molecule has 1 saturated carbocycles. The van der Waals surface area contributed by atoms with Gasteiger partial charge in [0.25, 0.3) is 5.69 Å². The summed E-state index contributed by atoms with van der Waals surface area (Å²) in [6, 6.07) is 3.82. The van der Waals surface area contributed by atoms with Crippen LogP contribution < -0.4 is 0 Å². The molecule has 0 aliphatic heterocycles. The first-order valence-corrected chi connectivity index (χ1v) is 8.32. The standard InChI is InChI=1S/C17H22ClNO4/c1-10(2)13-6-4-11(3)8-16(13)23-17(20)14-9-12(19(21)22)5-7-15(14)18/h5,7,9-11,13,16H,4,6,8H2,1-3H3/t11-,13+,16+/m0/s1. The summed E-state index contributed by atoms with van der Waals surface area (Å²) < 4.78 is 5.69. The molecule has 1 aliphatic carbocycles. The number of halogens is 1. The number of hydrogen-bond donors (Lipinski definition) is 0. The molecule has 0 unspecified atom stereocenters. The van der Waals surface area contributed by atoms with Crippen LogP contribution in [0.25, 0.3) is 0 Å². The van der Waals surface area contributed by atoms with E-state index < -0.39 is 10.9 Å². The van der Waals surface area contributed by atoms with E-state index in [0.29, 0.717) is 17.8 Å². The minimum Gasteiger partial charge on any atom is -0.458 e. The first kappa shape index (κ1) is 17.7. The van der Waals surface area contributed by atoms with Gasteiger partial charge in [-0.1, -0.05) is 38.8 Å². The first-order chi connectivity index (χ1) is 10.8. The maximum Gasteiger partial charge on any atom is 0.340 e. The van der Waals surface area contributed by atoms with Crippen LogP contribution in [0.2, 0.25) is 5.02 Å². The summed E-state index contributed by atoms with van der Waals surface area (Å²) in [5.41, 5.74) is -0.111. The fourth-order valence-corrected chi connectivity index (χ4v) is 3.43. The average Bonchev–Trinajstić information content (AvgIpc) is 2.46. The number of hydrogen-bond acceptors (Lipinski definition) is 4. The van der Waals surface area contributed by atoms with Gasteiger partial charge in [0.1, 0.15) is 6.10 Å². The number of carbonyl (C=O) groups excluding carboxylic acids is 1. The van der Waals surface area contributed by atoms with Crippen molar-refractivity contribution in [2.45, 2.75) is 46.1 Å². The van der Waals surface area contributed by atoms with Crippen molar-refractivity contribution >= 4 is 23.3 Å². The predicted molar refractivity (Wildman–Crippen MR) is 88.7 cm³/mol. The van der Waals surface area contributed by atoms with Crippen molar-refractivity contribution in [1.82, 2.24) is 0 Å². The molecule has 1 fully saturated rings. The lowest BCUT2D eigenvalue weighted by Gasteiger charge is -2.36. The van der Waals surface area contributed by atoms with E-state index in [1.54, 1.807) is 0 Å². The quantitative estimate of drug-likeness (QED) is 0.446. The summed E-state index contributed by atoms with van der Waals surface area (Å²) in [4.78, 5) is 22.8. The van der Waals surface area contributed by atoms with Crippen molar-refractivity contribution in [3.63, 3.8) is 0 Å². The van der Waals surface area contributed by atoms with E-state index in [9.17, 15) is 14.9 Å². The van der Waals surface area contributed by atoms with Gasteiger partial charge in [0.2, 0.25) is 0 Å². The van der Waals surface area contributed by atoms with E-state index in [0.717, 1.165) is 19.3 Å². The Morgan fingerprint density at radius 2 is 2.09 bits per heavy atom. The van der Waals surface area contributed by atoms with Crippen molar-refractivity contribution in [3.05, 3.63) is 38.9 Å². The highest BCUT2D eigenvalue weighted by molar-refractivity contribution is 6.33. The second-order valence-electron chi connectivity index (χ2n) is 6.69. The topological polar surface area (TPSA) is 69.4 Å². The van der Waals surface area contributed by atoms with Crippen molar-refractivity contribution < 1.29 is 14.5 Å². The number of ether oxygens (including phenoxy) is 1. The van der Waals surface area contributed by atoms with Crippen LogP contribution in [0.4, 0.5) is 5.69 Å². The van der Waals surface area contributed by atoms with E-state index in [1.807, 2.05) is 0 Å². The van der Waals surface area contributed by atoms with Gasteiger partial charge in [-0.3, -0.25) is 10.1 Å². The van der Waals surface area contributed by atoms with E-state index in [2.05, 4.69) is 20.8 Å². The molecule has 1 aliphatic rings. The summed E-state index contributed by atoms with van der Waals surface area (Å²) in [5.74, 6) is 0.653. The molecule has 0 spiro atoms. The van der Waals surface area contributed by atoms with Crippen LogP contribution in [0.1, 0.15) is 50.4 Å². The predicted octanol–water partition coefficient (Wildman–Crippen LogP) is 4.87. The summed E-state index contributed by atoms with van der Waals surface area (Å²) in [5, 5.41) is 11.0. The summed E-state index contributed by atoms with van der Waals surface area (Å²) in [6.07, 6.45) is 2.82. The van der Waals surface area contributed by atoms with E-state index in [-0.39, 0.29) is 22.4 Å². The summed E-state index contributed by atoms with van der Waals surface area (Å²) in [6.45, 7) is 6.40. The van der Waals surface area contributed by atoms with Crippen molar-refractivity contribution in [2.24, 2.45) is 17.8 Å². The summed E-state index contributed by atoms with van der Waals surface area (Å²) >= 11 is 6.02. The zero-order valence-corrected chi connectivity index (χ0v) is 14.4. The third-order valence-corrected chi connectivity index (χ3v) is 4.93. The molecule has 0 heterocycles. The molecular weight excluding hydrogens is 318 g/mol. The minimum absolute atomic E-state index is 0.0570. The normalized spacial score (nSPS) is 24.5.